The van der Waals surface area contributed by atoms with Crippen LogP contribution in [0.15, 0.2) is 29.2 Å². The fourth-order valence-corrected chi connectivity index (χ4v) is 4.14. The highest BCUT2D eigenvalue weighted by Crippen LogP contribution is 2.27. The second kappa shape index (κ2) is 6.77. The van der Waals surface area contributed by atoms with Crippen LogP contribution in [0.3, 0.4) is 0 Å². The Kier molecular flexibility index (Phi) is 5.24. The first-order valence-corrected chi connectivity index (χ1v) is 8.90. The number of para-hydroxylation sites is 1. The number of aliphatic hydroxyl groups excluding tert-OH is 1. The smallest absolute Gasteiger partial charge is 0.242 e. The highest BCUT2D eigenvalue weighted by Gasteiger charge is 2.24. The summed E-state index contributed by atoms with van der Waals surface area (Å²) in [6.07, 6.45) is 2.39. The lowest BCUT2D eigenvalue weighted by atomic mass is 10.1. The number of aliphatic hydroxyl groups is 1. The van der Waals surface area contributed by atoms with Crippen molar-refractivity contribution >= 4 is 15.7 Å². The maximum Gasteiger partial charge on any atom is 0.242 e. The zero-order valence-electron chi connectivity index (χ0n) is 12.5. The van der Waals surface area contributed by atoms with E-state index in [2.05, 4.69) is 10.0 Å². The lowest BCUT2D eigenvalue weighted by molar-refractivity contribution is 0.178. The van der Waals surface area contributed by atoms with E-state index in [9.17, 15) is 13.5 Å². The van der Waals surface area contributed by atoms with Gasteiger partial charge in [0.25, 0.3) is 0 Å². The minimum Gasteiger partial charge on any atom is -0.393 e. The molecule has 0 radical (unpaired) electrons. The van der Waals surface area contributed by atoms with Crippen LogP contribution in [0, 0.1) is 5.92 Å². The van der Waals surface area contributed by atoms with Crippen LogP contribution in [0.1, 0.15) is 33.1 Å². The summed E-state index contributed by atoms with van der Waals surface area (Å²) in [7, 11) is -3.51. The second-order valence-electron chi connectivity index (χ2n) is 5.99. The molecule has 0 heterocycles. The van der Waals surface area contributed by atoms with Crippen molar-refractivity contribution in [2.75, 3.05) is 11.9 Å². The molecule has 2 atom stereocenters. The van der Waals surface area contributed by atoms with Crippen LogP contribution >= 0.6 is 0 Å². The van der Waals surface area contributed by atoms with Crippen molar-refractivity contribution in [3.63, 3.8) is 0 Å². The van der Waals surface area contributed by atoms with Crippen molar-refractivity contribution in [1.82, 2.24) is 4.72 Å². The molecule has 21 heavy (non-hydrogen) atoms. The minimum atomic E-state index is -3.51. The first kappa shape index (κ1) is 16.3. The Balaban J connectivity index is 2.10. The molecule has 1 fully saturated rings. The summed E-state index contributed by atoms with van der Waals surface area (Å²) < 4.78 is 27.2. The molecular weight excluding hydrogens is 288 g/mol. The van der Waals surface area contributed by atoms with Gasteiger partial charge < -0.3 is 10.4 Å². The Morgan fingerprint density at radius 1 is 1.29 bits per heavy atom. The average Bonchev–Trinajstić information content (AvgIpc) is 2.81. The van der Waals surface area contributed by atoms with Crippen molar-refractivity contribution in [3.05, 3.63) is 24.3 Å². The van der Waals surface area contributed by atoms with Crippen LogP contribution < -0.4 is 10.0 Å². The lowest BCUT2D eigenvalue weighted by Gasteiger charge is -2.16. The maximum absolute atomic E-state index is 12.3. The van der Waals surface area contributed by atoms with Crippen molar-refractivity contribution in [3.8, 4) is 0 Å². The van der Waals surface area contributed by atoms with E-state index in [-0.39, 0.29) is 17.0 Å². The van der Waals surface area contributed by atoms with Crippen molar-refractivity contribution in [2.45, 2.75) is 50.2 Å². The Labute approximate surface area is 126 Å². The molecule has 1 aliphatic carbocycles. The first-order valence-electron chi connectivity index (χ1n) is 7.42. The van der Waals surface area contributed by atoms with E-state index in [0.29, 0.717) is 18.2 Å². The van der Waals surface area contributed by atoms with E-state index in [4.69, 9.17) is 0 Å². The topological polar surface area (TPSA) is 78.4 Å². The van der Waals surface area contributed by atoms with E-state index < -0.39 is 10.0 Å². The van der Waals surface area contributed by atoms with E-state index in [1.807, 2.05) is 6.07 Å². The second-order valence-corrected chi connectivity index (χ2v) is 7.67. The SMILES string of the molecule is CC(C)NS(=O)(=O)c1ccccc1NCC1CCC(O)C1. The summed E-state index contributed by atoms with van der Waals surface area (Å²) in [5.41, 5.74) is 0.618. The van der Waals surface area contributed by atoms with Gasteiger partial charge in [-0.15, -0.1) is 0 Å². The van der Waals surface area contributed by atoms with Crippen LogP contribution in [-0.4, -0.2) is 32.2 Å². The monoisotopic (exact) mass is 312 g/mol. The van der Waals surface area contributed by atoms with Gasteiger partial charge in [-0.1, -0.05) is 12.1 Å². The molecule has 2 unspecified atom stereocenters. The number of nitrogens with one attached hydrogen (secondary N) is 2. The van der Waals surface area contributed by atoms with Gasteiger partial charge in [0.2, 0.25) is 10.0 Å². The molecule has 0 aliphatic heterocycles. The number of anilines is 1. The van der Waals surface area contributed by atoms with Gasteiger partial charge in [-0.25, -0.2) is 13.1 Å². The molecule has 118 valence electrons. The van der Waals surface area contributed by atoms with E-state index in [0.717, 1.165) is 19.3 Å². The molecule has 6 heteroatoms. The molecule has 2 rings (SSSR count). The molecule has 0 spiro atoms. The fraction of sp³-hybridized carbons (Fsp3) is 0.600. The zero-order valence-corrected chi connectivity index (χ0v) is 13.4. The van der Waals surface area contributed by atoms with Crippen molar-refractivity contribution < 1.29 is 13.5 Å². The Bertz CT molecular complexity index is 572. The quantitative estimate of drug-likeness (QED) is 0.750. The van der Waals surface area contributed by atoms with Gasteiger partial charge in [0.05, 0.1) is 11.8 Å². The minimum absolute atomic E-state index is 0.145. The molecule has 3 N–H and O–H groups in total. The van der Waals surface area contributed by atoms with Gasteiger partial charge in [-0.3, -0.25) is 0 Å². The van der Waals surface area contributed by atoms with Gasteiger partial charge in [-0.2, -0.15) is 0 Å². The Morgan fingerprint density at radius 2 is 2.00 bits per heavy atom. The number of hydrogen-bond acceptors (Lipinski definition) is 4. The average molecular weight is 312 g/mol. The van der Waals surface area contributed by atoms with Gasteiger partial charge in [0.1, 0.15) is 4.90 Å². The van der Waals surface area contributed by atoms with Gasteiger partial charge in [0, 0.05) is 12.6 Å². The molecule has 0 saturated heterocycles. The largest absolute Gasteiger partial charge is 0.393 e. The molecule has 0 aromatic heterocycles. The van der Waals surface area contributed by atoms with Crippen molar-refractivity contribution in [1.29, 1.82) is 0 Å². The standard InChI is InChI=1S/C15H24N2O3S/c1-11(2)17-21(19,20)15-6-4-3-5-14(15)16-10-12-7-8-13(18)9-12/h3-6,11-13,16-18H,7-10H2,1-2H3. The summed E-state index contributed by atoms with van der Waals surface area (Å²) in [5, 5.41) is 12.8. The van der Waals surface area contributed by atoms with Gasteiger partial charge >= 0.3 is 0 Å². The number of benzene rings is 1. The molecule has 1 saturated carbocycles. The molecule has 5 nitrogen and oxygen atoms in total. The number of sulfonamides is 1. The molecule has 1 aromatic carbocycles. The van der Waals surface area contributed by atoms with Crippen LogP contribution in [0.2, 0.25) is 0 Å². The van der Waals surface area contributed by atoms with Gasteiger partial charge in [-0.05, 0) is 51.2 Å². The summed E-state index contributed by atoms with van der Waals surface area (Å²) in [5.74, 6) is 0.397. The Hall–Kier alpha value is -1.11. The summed E-state index contributed by atoms with van der Waals surface area (Å²) in [4.78, 5) is 0.275. The van der Waals surface area contributed by atoms with Crippen LogP contribution in [0.4, 0.5) is 5.69 Å². The predicted molar refractivity (Wildman–Crippen MR) is 83.7 cm³/mol. The maximum atomic E-state index is 12.3. The van der Waals surface area contributed by atoms with E-state index in [1.165, 1.54) is 0 Å². The number of hydrogen-bond donors (Lipinski definition) is 3. The molecule has 1 aliphatic rings. The highest BCUT2D eigenvalue weighted by atomic mass is 32.2. The molecular formula is C15H24N2O3S. The molecule has 1 aromatic rings. The van der Waals surface area contributed by atoms with Crippen LogP contribution in [0.5, 0.6) is 0 Å². The third-order valence-electron chi connectivity index (χ3n) is 3.66. The van der Waals surface area contributed by atoms with E-state index in [1.54, 1.807) is 32.0 Å². The van der Waals surface area contributed by atoms with Crippen molar-refractivity contribution in [2.24, 2.45) is 5.92 Å². The third-order valence-corrected chi connectivity index (χ3v) is 5.38. The Morgan fingerprint density at radius 3 is 2.62 bits per heavy atom. The van der Waals surface area contributed by atoms with Gasteiger partial charge in [0.15, 0.2) is 0 Å². The first-order chi connectivity index (χ1) is 9.88. The summed E-state index contributed by atoms with van der Waals surface area (Å²) in [6, 6.07) is 6.78. The fourth-order valence-electron chi connectivity index (χ4n) is 2.71. The normalized spacial score (nSPS) is 22.7. The summed E-state index contributed by atoms with van der Waals surface area (Å²) >= 11 is 0. The zero-order chi connectivity index (χ0) is 15.5. The molecule has 0 bridgehead atoms. The summed E-state index contributed by atoms with van der Waals surface area (Å²) in [6.45, 7) is 4.28. The predicted octanol–water partition coefficient (Wildman–Crippen LogP) is 1.95. The van der Waals surface area contributed by atoms with Crippen LogP contribution in [-0.2, 0) is 10.0 Å². The van der Waals surface area contributed by atoms with Crippen LogP contribution in [0.25, 0.3) is 0 Å². The molecule has 0 amide bonds. The van der Waals surface area contributed by atoms with E-state index >= 15 is 0 Å². The number of rotatable bonds is 6. The third kappa shape index (κ3) is 4.43. The highest BCUT2D eigenvalue weighted by molar-refractivity contribution is 7.89. The lowest BCUT2D eigenvalue weighted by Crippen LogP contribution is -2.31.